The smallest absolute Gasteiger partial charge is 0.302 e. The van der Waals surface area contributed by atoms with Crippen LogP contribution in [-0.2, 0) is 9.53 Å². The van der Waals surface area contributed by atoms with Gasteiger partial charge in [-0.25, -0.2) is 0 Å². The summed E-state index contributed by atoms with van der Waals surface area (Å²) in [6, 6.07) is 0. The Labute approximate surface area is 83.6 Å². The number of alkyl halides is 2. The Bertz CT molecular complexity index is 77.1. The molecular formula is C7H16Cl2O3. The lowest BCUT2D eigenvalue weighted by molar-refractivity contribution is -0.140. The molecule has 0 aliphatic heterocycles. The molecule has 0 aromatic heterocycles. The lowest BCUT2D eigenvalue weighted by atomic mass is 10.8. The van der Waals surface area contributed by atoms with Crippen LogP contribution in [0.4, 0.5) is 0 Å². The van der Waals surface area contributed by atoms with Crippen LogP contribution in [0.25, 0.3) is 0 Å². The molecule has 0 atom stereocenters. The van der Waals surface area contributed by atoms with Gasteiger partial charge in [0.05, 0.1) is 11.9 Å². The van der Waals surface area contributed by atoms with Crippen molar-refractivity contribution < 1.29 is 14.6 Å². The van der Waals surface area contributed by atoms with Crippen molar-refractivity contribution in [3.63, 3.8) is 0 Å². The van der Waals surface area contributed by atoms with Gasteiger partial charge in [0.2, 0.25) is 0 Å². The van der Waals surface area contributed by atoms with Crippen LogP contribution in [0.3, 0.4) is 0 Å². The van der Waals surface area contributed by atoms with Gasteiger partial charge in [0, 0.05) is 13.5 Å². The van der Waals surface area contributed by atoms with E-state index in [2.05, 4.69) is 4.74 Å². The third-order valence-electron chi connectivity index (χ3n) is 0.348. The Morgan fingerprint density at radius 1 is 1.42 bits per heavy atom. The van der Waals surface area contributed by atoms with E-state index in [1.807, 2.05) is 0 Å². The summed E-state index contributed by atoms with van der Waals surface area (Å²) in [4.78, 5) is 9.82. The third-order valence-corrected chi connectivity index (χ3v) is 0.348. The van der Waals surface area contributed by atoms with Gasteiger partial charge >= 0.3 is 5.97 Å². The van der Waals surface area contributed by atoms with Crippen LogP contribution >= 0.6 is 23.2 Å². The van der Waals surface area contributed by atoms with E-state index in [1.54, 1.807) is 13.8 Å². The van der Waals surface area contributed by atoms with E-state index in [0.29, 0.717) is 6.61 Å². The minimum atomic E-state index is -0.211. The largest absolute Gasteiger partial charge is 0.466 e. The Hall–Kier alpha value is 0.01000. The second-order valence-corrected chi connectivity index (χ2v) is 2.15. The number of hydrogen-bond donors (Lipinski definition) is 1. The quantitative estimate of drug-likeness (QED) is 0.541. The number of aliphatic hydroxyl groups excluding tert-OH is 1. The number of esters is 1. The van der Waals surface area contributed by atoms with Crippen molar-refractivity contribution in [3.05, 3.63) is 0 Å². The molecule has 0 aliphatic rings. The highest BCUT2D eigenvalue weighted by atomic mass is 35.5. The molecule has 3 nitrogen and oxygen atoms in total. The van der Waals surface area contributed by atoms with Gasteiger partial charge in [0.15, 0.2) is 0 Å². The Morgan fingerprint density at radius 2 is 1.67 bits per heavy atom. The van der Waals surface area contributed by atoms with Crippen LogP contribution in [-0.4, -0.2) is 29.6 Å². The van der Waals surface area contributed by atoms with Crippen LogP contribution in [0.1, 0.15) is 20.8 Å². The van der Waals surface area contributed by atoms with E-state index >= 15 is 0 Å². The maximum absolute atomic E-state index is 9.82. The molecule has 76 valence electrons. The van der Waals surface area contributed by atoms with E-state index in [1.165, 1.54) is 6.92 Å². The lowest BCUT2D eigenvalue weighted by Gasteiger charge is -1.89. The Morgan fingerprint density at radius 3 is 1.67 bits per heavy atom. The zero-order valence-electron chi connectivity index (χ0n) is 7.64. The molecule has 1 N–H and O–H groups in total. The Kier molecular flexibility index (Phi) is 33.6. The molecule has 0 saturated carbocycles. The topological polar surface area (TPSA) is 46.5 Å². The van der Waals surface area contributed by atoms with E-state index in [-0.39, 0.29) is 17.9 Å². The summed E-state index contributed by atoms with van der Waals surface area (Å²) in [5.74, 6) is -0.211. The van der Waals surface area contributed by atoms with Crippen molar-refractivity contribution in [2.45, 2.75) is 20.8 Å². The first-order chi connectivity index (χ1) is 5.60. The number of halogens is 2. The van der Waals surface area contributed by atoms with Crippen molar-refractivity contribution in [1.29, 1.82) is 0 Å². The highest BCUT2D eigenvalue weighted by Crippen LogP contribution is 1.73. The molecule has 0 heterocycles. The number of hydrogen-bond acceptors (Lipinski definition) is 3. The fraction of sp³-hybridized carbons (Fsp3) is 0.857. The van der Waals surface area contributed by atoms with Gasteiger partial charge in [-0.2, -0.15) is 0 Å². The molecule has 0 aromatic rings. The molecule has 12 heavy (non-hydrogen) atoms. The summed E-state index contributed by atoms with van der Waals surface area (Å²) in [6.07, 6.45) is 0. The predicted octanol–water partition coefficient (Wildman–Crippen LogP) is 1.99. The van der Waals surface area contributed by atoms with E-state index < -0.39 is 0 Å². The maximum Gasteiger partial charge on any atom is 0.302 e. The zero-order valence-corrected chi connectivity index (χ0v) is 9.15. The fourth-order valence-corrected chi connectivity index (χ4v) is 0.203. The molecule has 0 rings (SSSR count). The highest BCUT2D eigenvalue weighted by molar-refractivity contribution is 6.40. The summed E-state index contributed by atoms with van der Waals surface area (Å²) >= 11 is 9.53. The summed E-state index contributed by atoms with van der Waals surface area (Å²) in [7, 11) is 0. The number of carbonyl (C=O) groups excluding carboxylic acids is 1. The number of carbonyl (C=O) groups is 1. The first kappa shape index (κ1) is 17.9. The van der Waals surface area contributed by atoms with Crippen molar-refractivity contribution in [2.24, 2.45) is 0 Å². The van der Waals surface area contributed by atoms with Crippen molar-refractivity contribution in [3.8, 4) is 0 Å². The second kappa shape index (κ2) is 22.5. The zero-order chi connectivity index (χ0) is 10.4. The standard InChI is InChI=1S/C4H8O2.C2H6O.CH2Cl2/c1-3-6-4(2)5;1-2-3;2-1-3/h3H2,1-2H3;3H,2H2,1H3;1H2. The van der Waals surface area contributed by atoms with Crippen LogP contribution in [0, 0.1) is 0 Å². The van der Waals surface area contributed by atoms with E-state index in [4.69, 9.17) is 28.3 Å². The van der Waals surface area contributed by atoms with Gasteiger partial charge < -0.3 is 9.84 Å². The molecule has 0 amide bonds. The fourth-order valence-electron chi connectivity index (χ4n) is 0.203. The average molecular weight is 219 g/mol. The molecular weight excluding hydrogens is 203 g/mol. The van der Waals surface area contributed by atoms with E-state index in [9.17, 15) is 4.79 Å². The van der Waals surface area contributed by atoms with Gasteiger partial charge in [-0.1, -0.05) is 0 Å². The monoisotopic (exact) mass is 218 g/mol. The molecule has 0 saturated heterocycles. The van der Waals surface area contributed by atoms with Crippen molar-refractivity contribution >= 4 is 29.2 Å². The average Bonchev–Trinajstić information content (AvgIpc) is 1.89. The molecule has 0 bridgehead atoms. The van der Waals surface area contributed by atoms with Gasteiger partial charge in [-0.05, 0) is 13.8 Å². The van der Waals surface area contributed by atoms with E-state index in [0.717, 1.165) is 0 Å². The van der Waals surface area contributed by atoms with Gasteiger partial charge in [0.25, 0.3) is 0 Å². The van der Waals surface area contributed by atoms with Crippen molar-refractivity contribution in [1.82, 2.24) is 0 Å². The Balaban J connectivity index is -0.000000115. The molecule has 0 unspecified atom stereocenters. The molecule has 0 aromatic carbocycles. The van der Waals surface area contributed by atoms with Crippen molar-refractivity contribution in [2.75, 3.05) is 18.6 Å². The second-order valence-electron chi connectivity index (χ2n) is 1.34. The maximum atomic E-state index is 9.82. The minimum absolute atomic E-state index is 0.194. The van der Waals surface area contributed by atoms with Gasteiger partial charge in [0.1, 0.15) is 0 Å². The number of aliphatic hydroxyl groups is 1. The van der Waals surface area contributed by atoms with Crippen LogP contribution in [0.5, 0.6) is 0 Å². The molecule has 0 spiro atoms. The summed E-state index contributed by atoms with van der Waals surface area (Å²) in [6.45, 7) is 5.58. The summed E-state index contributed by atoms with van der Waals surface area (Å²) < 4.78 is 4.40. The van der Waals surface area contributed by atoms with Crippen LogP contribution < -0.4 is 0 Å². The highest BCUT2D eigenvalue weighted by Gasteiger charge is 1.81. The van der Waals surface area contributed by atoms with Crippen LogP contribution in [0.2, 0.25) is 0 Å². The summed E-state index contributed by atoms with van der Waals surface area (Å²) in [5, 5.41) is 7.76. The van der Waals surface area contributed by atoms with Gasteiger partial charge in [-0.15, -0.1) is 23.2 Å². The number of rotatable bonds is 1. The minimum Gasteiger partial charge on any atom is -0.466 e. The number of ether oxygens (including phenoxy) is 1. The molecule has 0 radical (unpaired) electrons. The summed E-state index contributed by atoms with van der Waals surface area (Å²) in [5.41, 5.74) is 0. The molecule has 0 aliphatic carbocycles. The molecule has 5 heteroatoms. The third kappa shape index (κ3) is 89.7. The van der Waals surface area contributed by atoms with Crippen LogP contribution in [0.15, 0.2) is 0 Å². The normalized spacial score (nSPS) is 6.83. The van der Waals surface area contributed by atoms with Gasteiger partial charge in [-0.3, -0.25) is 4.79 Å². The first-order valence-corrected chi connectivity index (χ1v) is 4.53. The first-order valence-electron chi connectivity index (χ1n) is 3.46. The molecule has 0 fully saturated rings. The predicted molar refractivity (Wildman–Crippen MR) is 51.6 cm³/mol. The SMILES string of the molecule is CCO.CCOC(C)=O.ClCCl. The lowest BCUT2D eigenvalue weighted by Crippen LogP contribution is -1.95.